The standard InChI is InChI=1S/C44H18O8/c1-3-5-7-9-11-13-15-17-19-21-23-25-27-29-31-35-42(47)50-38-40(52-44(49)37-33-34-41(45)46)39-51-43(48)36-32-30-28-26-24-22-20-18-16-14-12-10-8-6-4-2/h40H,33-34,37-39H2,1-2H3,(H,45,46). The maximum atomic E-state index is 12.1. The van der Waals surface area contributed by atoms with E-state index in [0.29, 0.717) is 0 Å². The number of carbonyl (C=O) groups is 4. The third kappa shape index (κ3) is 32.2. The van der Waals surface area contributed by atoms with Crippen LogP contribution in [0.4, 0.5) is 0 Å². The predicted molar refractivity (Wildman–Crippen MR) is 189 cm³/mol. The largest absolute Gasteiger partial charge is 0.481 e. The molecule has 0 aliphatic heterocycles. The molecule has 0 saturated heterocycles. The number of hydrogen-bond acceptors (Lipinski definition) is 7. The molecule has 0 aliphatic rings. The topological polar surface area (TPSA) is 116 Å². The number of ether oxygens (including phenoxy) is 3. The first-order valence-electron chi connectivity index (χ1n) is 14.0. The maximum Gasteiger partial charge on any atom is 0.385 e. The Labute approximate surface area is 303 Å². The molecule has 0 saturated carbocycles. The summed E-state index contributed by atoms with van der Waals surface area (Å²) in [5.74, 6) is 73.1. The minimum atomic E-state index is -1.25. The fourth-order valence-electron chi connectivity index (χ4n) is 2.19. The summed E-state index contributed by atoms with van der Waals surface area (Å²) in [6, 6.07) is 0. The second-order valence-corrected chi connectivity index (χ2v) is 7.81. The van der Waals surface area contributed by atoms with E-state index in [0.717, 1.165) is 0 Å². The van der Waals surface area contributed by atoms with Gasteiger partial charge < -0.3 is 19.3 Å². The predicted octanol–water partition coefficient (Wildman–Crippen LogP) is 0.334. The van der Waals surface area contributed by atoms with E-state index < -0.39 is 43.2 Å². The van der Waals surface area contributed by atoms with Crippen molar-refractivity contribution in [3.63, 3.8) is 0 Å². The van der Waals surface area contributed by atoms with Crippen LogP contribution < -0.4 is 0 Å². The van der Waals surface area contributed by atoms with Gasteiger partial charge in [-0.3, -0.25) is 9.59 Å². The van der Waals surface area contributed by atoms with Gasteiger partial charge in [0.25, 0.3) is 0 Å². The second kappa shape index (κ2) is 33.2. The molecule has 52 heavy (non-hydrogen) atoms. The Morgan fingerprint density at radius 2 is 0.731 bits per heavy atom. The molecule has 0 rings (SSSR count). The second-order valence-electron chi connectivity index (χ2n) is 7.81. The maximum absolute atomic E-state index is 12.1. The van der Waals surface area contributed by atoms with E-state index in [1.165, 1.54) is 0 Å². The molecule has 0 aromatic rings. The van der Waals surface area contributed by atoms with Gasteiger partial charge in [-0.1, -0.05) is 11.8 Å². The Morgan fingerprint density at radius 3 is 1.02 bits per heavy atom. The zero-order valence-corrected chi connectivity index (χ0v) is 27.4. The number of carbonyl (C=O) groups excluding carboxylic acids is 3. The molecule has 0 aromatic carbocycles. The normalized spacial score (nSPS) is 6.29. The Hall–Kier alpha value is -9.16. The number of carboxylic acids is 1. The highest BCUT2D eigenvalue weighted by atomic mass is 16.6. The molecule has 8 heteroatoms. The number of rotatable bonds is 9. The van der Waals surface area contributed by atoms with Crippen LogP contribution in [0.2, 0.25) is 0 Å². The van der Waals surface area contributed by atoms with Gasteiger partial charge in [-0.2, -0.15) is 0 Å². The molecular weight excluding hydrogens is 656 g/mol. The van der Waals surface area contributed by atoms with Crippen molar-refractivity contribution in [3.8, 4) is 189 Å². The zero-order valence-electron chi connectivity index (χ0n) is 27.4. The van der Waals surface area contributed by atoms with Crippen LogP contribution in [0.1, 0.15) is 33.1 Å². The van der Waals surface area contributed by atoms with Crippen LogP contribution in [-0.4, -0.2) is 48.3 Å². The first-order chi connectivity index (χ1) is 25.4. The van der Waals surface area contributed by atoms with Crippen molar-refractivity contribution >= 4 is 23.9 Å². The summed E-state index contributed by atoms with van der Waals surface area (Å²) in [6.45, 7) is 2.20. The van der Waals surface area contributed by atoms with Gasteiger partial charge in [-0.05, 0) is 186 Å². The Kier molecular flexibility index (Phi) is 27.4. The highest BCUT2D eigenvalue weighted by Crippen LogP contribution is 2.03. The molecule has 0 fully saturated rings. The third-order valence-corrected chi connectivity index (χ3v) is 4.07. The van der Waals surface area contributed by atoms with Crippen molar-refractivity contribution in [2.24, 2.45) is 0 Å². The zero-order chi connectivity index (χ0) is 38.2. The lowest BCUT2D eigenvalue weighted by molar-refractivity contribution is -0.163. The van der Waals surface area contributed by atoms with Crippen LogP contribution in [0.3, 0.4) is 0 Å². The van der Waals surface area contributed by atoms with E-state index >= 15 is 0 Å². The first kappa shape index (κ1) is 42.8. The summed E-state index contributed by atoms with van der Waals surface area (Å²) in [7, 11) is 0. The van der Waals surface area contributed by atoms with Gasteiger partial charge in [0, 0.05) is 24.7 Å². The SMILES string of the molecule is CC#CC#CC#CC#CC#CC#CC#CC#CC(=O)OCC(COC(=O)C#CC#CC#CC#CC#CC#CC#CC#CC)OC(=O)CCCC(=O)O. The summed E-state index contributed by atoms with van der Waals surface area (Å²) < 4.78 is 15.0. The van der Waals surface area contributed by atoms with Gasteiger partial charge in [-0.25, -0.2) is 9.59 Å². The lowest BCUT2D eigenvalue weighted by atomic mass is 10.2. The molecule has 0 atom stereocenters. The molecule has 0 bridgehead atoms. The van der Waals surface area contributed by atoms with Gasteiger partial charge in [0.2, 0.25) is 0 Å². The van der Waals surface area contributed by atoms with Crippen molar-refractivity contribution in [1.82, 2.24) is 0 Å². The molecule has 0 aromatic heterocycles. The van der Waals surface area contributed by atoms with Crippen LogP contribution in [0, 0.1) is 189 Å². The van der Waals surface area contributed by atoms with Crippen molar-refractivity contribution in [2.45, 2.75) is 39.2 Å². The van der Waals surface area contributed by atoms with Crippen molar-refractivity contribution in [3.05, 3.63) is 0 Å². The van der Waals surface area contributed by atoms with Crippen LogP contribution in [0.5, 0.6) is 0 Å². The van der Waals surface area contributed by atoms with Crippen molar-refractivity contribution in [1.29, 1.82) is 0 Å². The average molecular weight is 675 g/mol. The monoisotopic (exact) mass is 674 g/mol. The number of hydrogen-bond donors (Lipinski definition) is 1. The van der Waals surface area contributed by atoms with Crippen LogP contribution in [0.25, 0.3) is 0 Å². The van der Waals surface area contributed by atoms with Crippen molar-refractivity contribution in [2.75, 3.05) is 13.2 Å². The highest BCUT2D eigenvalue weighted by molar-refractivity contribution is 5.89. The van der Waals surface area contributed by atoms with Crippen LogP contribution in [-0.2, 0) is 33.4 Å². The Bertz CT molecular complexity index is 2310. The summed E-state index contributed by atoms with van der Waals surface area (Å²) in [6.07, 6.45) is -1.77. The Balaban J connectivity index is 5.14. The number of aliphatic carboxylic acids is 1. The van der Waals surface area contributed by atoms with Gasteiger partial charge in [0.1, 0.15) is 13.2 Å². The molecular formula is C44H18O8. The fraction of sp³-hybridized carbons (Fsp3) is 0.182. The van der Waals surface area contributed by atoms with Crippen LogP contribution >= 0.6 is 0 Å². The molecule has 1 N–H and O–H groups in total. The summed E-state index contributed by atoms with van der Waals surface area (Å²) >= 11 is 0. The first-order valence-corrected chi connectivity index (χ1v) is 14.0. The van der Waals surface area contributed by atoms with E-state index in [-0.39, 0.29) is 19.3 Å². The smallest absolute Gasteiger partial charge is 0.385 e. The lowest BCUT2D eigenvalue weighted by Crippen LogP contribution is -2.30. The fourth-order valence-corrected chi connectivity index (χ4v) is 2.19. The Morgan fingerprint density at radius 1 is 0.442 bits per heavy atom. The third-order valence-electron chi connectivity index (χ3n) is 4.07. The minimum Gasteiger partial charge on any atom is -0.481 e. The quantitative estimate of drug-likeness (QED) is 0.161. The van der Waals surface area contributed by atoms with Gasteiger partial charge in [0.05, 0.1) is 0 Å². The molecule has 0 radical (unpaired) electrons. The van der Waals surface area contributed by atoms with E-state index in [9.17, 15) is 19.2 Å². The van der Waals surface area contributed by atoms with E-state index in [1.54, 1.807) is 13.8 Å². The van der Waals surface area contributed by atoms with Crippen molar-refractivity contribution < 1.29 is 38.5 Å². The minimum absolute atomic E-state index is 0.00177. The molecule has 0 aliphatic carbocycles. The average Bonchev–Trinajstić information content (AvgIpc) is 3.12. The molecule has 0 heterocycles. The summed E-state index contributed by atoms with van der Waals surface area (Å²) in [4.78, 5) is 46.7. The highest BCUT2D eigenvalue weighted by Gasteiger charge is 2.19. The van der Waals surface area contributed by atoms with E-state index in [2.05, 4.69) is 189 Å². The van der Waals surface area contributed by atoms with Gasteiger partial charge in [0.15, 0.2) is 6.10 Å². The lowest BCUT2D eigenvalue weighted by Gasteiger charge is -2.16. The van der Waals surface area contributed by atoms with Gasteiger partial charge >= 0.3 is 23.9 Å². The molecule has 0 amide bonds. The molecule has 8 nitrogen and oxygen atoms in total. The van der Waals surface area contributed by atoms with Crippen LogP contribution in [0.15, 0.2) is 0 Å². The molecule has 0 unspecified atom stereocenters. The summed E-state index contributed by atoms with van der Waals surface area (Å²) in [5, 5.41) is 8.74. The molecule has 0 spiro atoms. The van der Waals surface area contributed by atoms with E-state index in [1.807, 2.05) is 0 Å². The summed E-state index contributed by atoms with van der Waals surface area (Å²) in [5.41, 5.74) is 0. The number of esters is 3. The van der Waals surface area contributed by atoms with Gasteiger partial charge in [-0.15, -0.1) is 0 Å². The molecule has 242 valence electrons. The van der Waals surface area contributed by atoms with E-state index in [4.69, 9.17) is 19.3 Å². The number of carboxylic acid groups (broad SMARTS) is 1.